The first-order chi connectivity index (χ1) is 26.2. The topological polar surface area (TPSA) is 190 Å². The number of carbonyl (C=O) groups excluding carboxylic acids is 5. The van der Waals surface area contributed by atoms with Gasteiger partial charge in [-0.05, 0) is 131 Å². The van der Waals surface area contributed by atoms with Crippen LogP contribution in [0.25, 0.3) is 0 Å². The number of hydrogen-bond acceptors (Lipinski definition) is 10. The highest BCUT2D eigenvalue weighted by Crippen LogP contribution is 2.30. The van der Waals surface area contributed by atoms with E-state index in [2.05, 4.69) is 15.4 Å². The second-order valence-electron chi connectivity index (χ2n) is 16.9. The van der Waals surface area contributed by atoms with Gasteiger partial charge in [0.1, 0.15) is 17.2 Å². The molecular formula is C40H65N5O10S. The van der Waals surface area contributed by atoms with Crippen LogP contribution in [0.2, 0.25) is 0 Å². The van der Waals surface area contributed by atoms with Gasteiger partial charge in [-0.3, -0.25) is 14.4 Å². The molecule has 2 heterocycles. The lowest BCUT2D eigenvalue weighted by Gasteiger charge is -2.34. The number of carbonyl (C=O) groups is 5. The first-order valence-electron chi connectivity index (χ1n) is 19.9. The molecule has 316 valence electrons. The van der Waals surface area contributed by atoms with Crippen molar-refractivity contribution in [3.63, 3.8) is 0 Å². The number of nitrogens with zero attached hydrogens (tertiary/aromatic N) is 2. The van der Waals surface area contributed by atoms with Gasteiger partial charge < -0.3 is 34.6 Å². The van der Waals surface area contributed by atoms with E-state index in [0.29, 0.717) is 50.9 Å². The van der Waals surface area contributed by atoms with Crippen molar-refractivity contribution in [1.82, 2.24) is 25.2 Å². The molecule has 0 aromatic heterocycles. The Kier molecular flexibility index (Phi) is 17.4. The maximum absolute atomic E-state index is 13.6. The highest BCUT2D eigenvalue weighted by atomic mass is 32.2. The van der Waals surface area contributed by atoms with E-state index in [4.69, 9.17) is 14.2 Å². The molecule has 0 radical (unpaired) electrons. The zero-order valence-electron chi connectivity index (χ0n) is 34.6. The molecule has 3 rings (SSSR count). The summed E-state index contributed by atoms with van der Waals surface area (Å²) in [4.78, 5) is 67.8. The normalized spacial score (nSPS) is 16.6. The van der Waals surface area contributed by atoms with Gasteiger partial charge >= 0.3 is 18.2 Å². The van der Waals surface area contributed by atoms with Crippen LogP contribution in [0, 0.1) is 24.7 Å². The van der Waals surface area contributed by atoms with Gasteiger partial charge in [-0.1, -0.05) is 17.7 Å². The van der Waals surface area contributed by atoms with E-state index in [0.717, 1.165) is 44.1 Å². The Morgan fingerprint density at radius 2 is 1.23 bits per heavy atom. The van der Waals surface area contributed by atoms with Gasteiger partial charge in [-0.15, -0.1) is 0 Å². The molecule has 1 atom stereocenters. The number of piperidine rings is 2. The number of esters is 1. The first kappa shape index (κ1) is 46.5. The van der Waals surface area contributed by atoms with Crippen LogP contribution in [0.1, 0.15) is 105 Å². The smallest absolute Gasteiger partial charge is 0.410 e. The van der Waals surface area contributed by atoms with Crippen LogP contribution < -0.4 is 15.4 Å². The lowest BCUT2D eigenvalue weighted by molar-refractivity contribution is -0.145. The van der Waals surface area contributed by atoms with E-state index in [1.807, 2.05) is 48.5 Å². The van der Waals surface area contributed by atoms with Crippen LogP contribution in [0.15, 0.2) is 29.2 Å². The molecule has 0 spiro atoms. The highest BCUT2D eigenvalue weighted by Gasteiger charge is 2.31. The van der Waals surface area contributed by atoms with Crippen molar-refractivity contribution >= 4 is 40.0 Å². The van der Waals surface area contributed by atoms with Crippen LogP contribution in [0.5, 0.6) is 0 Å². The number of ether oxygens (including phenoxy) is 3. The lowest BCUT2D eigenvalue weighted by Crippen LogP contribution is -2.50. The number of likely N-dealkylation sites (tertiary alicyclic amines) is 2. The van der Waals surface area contributed by atoms with Gasteiger partial charge in [0.15, 0.2) is 0 Å². The van der Waals surface area contributed by atoms with Crippen LogP contribution >= 0.6 is 0 Å². The van der Waals surface area contributed by atoms with Gasteiger partial charge in [0.05, 0.1) is 18.0 Å². The third kappa shape index (κ3) is 16.3. The Morgan fingerprint density at radius 1 is 0.768 bits per heavy atom. The van der Waals surface area contributed by atoms with Gasteiger partial charge in [0, 0.05) is 38.6 Å². The molecule has 56 heavy (non-hydrogen) atoms. The van der Waals surface area contributed by atoms with Crippen molar-refractivity contribution in [2.45, 2.75) is 129 Å². The molecular weight excluding hydrogens is 743 g/mol. The summed E-state index contributed by atoms with van der Waals surface area (Å²) in [5.41, 5.74) is -0.275. The quantitative estimate of drug-likeness (QED) is 0.153. The van der Waals surface area contributed by atoms with Crippen molar-refractivity contribution in [2.24, 2.45) is 17.8 Å². The van der Waals surface area contributed by atoms with E-state index < -0.39 is 39.1 Å². The van der Waals surface area contributed by atoms with E-state index in [9.17, 15) is 32.4 Å². The van der Waals surface area contributed by atoms with E-state index in [1.54, 1.807) is 28.9 Å². The lowest BCUT2D eigenvalue weighted by atomic mass is 9.84. The summed E-state index contributed by atoms with van der Waals surface area (Å²) in [7, 11) is -4.11. The molecule has 0 unspecified atom stereocenters. The maximum atomic E-state index is 13.6. The number of nitrogens with one attached hydrogen (secondary N) is 3. The number of sulfonamides is 1. The first-order valence-corrected chi connectivity index (χ1v) is 21.4. The second kappa shape index (κ2) is 21.0. The van der Waals surface area contributed by atoms with Gasteiger partial charge in [-0.2, -0.15) is 4.72 Å². The number of rotatable bonds is 16. The van der Waals surface area contributed by atoms with Crippen LogP contribution in [-0.2, 0) is 38.6 Å². The molecule has 2 fully saturated rings. The molecule has 16 heteroatoms. The fourth-order valence-electron chi connectivity index (χ4n) is 6.72. The molecule has 4 amide bonds. The minimum atomic E-state index is -4.11. The monoisotopic (exact) mass is 807 g/mol. The standard InChI is InChI=1S/C40H65N5O10S/c1-9-53-36(48)33(43-56(51,52)32-16-10-28(2)11-17-32)26-41-34(46)27-42-35(47)31(14-12-29-18-22-44(23-19-29)37(49)54-39(3,4)5)15-13-30-20-24-45(25-21-30)38(50)55-40(6,7)8/h10-11,16-17,29-31,33,43H,9,12-15,18-27H2,1-8H3,(H,41,46)(H,42,47)/t33-/m0/s1. The number of hydrogen-bond donors (Lipinski definition) is 3. The van der Waals surface area contributed by atoms with E-state index >= 15 is 0 Å². The SMILES string of the molecule is CCOC(=O)[C@H](CNC(=O)CNC(=O)C(CCC1CCN(C(=O)OC(C)(C)C)CC1)CCC1CCN(C(=O)OC(C)(C)C)CC1)NS(=O)(=O)c1ccc(C)cc1. The molecule has 0 aliphatic carbocycles. The number of aryl methyl sites for hydroxylation is 1. The van der Waals surface area contributed by atoms with Crippen molar-refractivity contribution < 1.29 is 46.6 Å². The molecule has 3 N–H and O–H groups in total. The summed E-state index contributed by atoms with van der Waals surface area (Å²) in [5, 5.41) is 5.31. The van der Waals surface area contributed by atoms with Crippen LogP contribution in [0.4, 0.5) is 9.59 Å². The predicted octanol–water partition coefficient (Wildman–Crippen LogP) is 4.91. The Hall–Kier alpha value is -3.92. The van der Waals surface area contributed by atoms with Crippen molar-refractivity contribution in [1.29, 1.82) is 0 Å². The summed E-state index contributed by atoms with van der Waals surface area (Å²) >= 11 is 0. The van der Waals surface area contributed by atoms with E-state index in [1.165, 1.54) is 12.1 Å². The fraction of sp³-hybridized carbons (Fsp3) is 0.725. The zero-order valence-corrected chi connectivity index (χ0v) is 35.4. The largest absolute Gasteiger partial charge is 0.465 e. The summed E-state index contributed by atoms with van der Waals surface area (Å²) in [6.07, 6.45) is 5.34. The van der Waals surface area contributed by atoms with Crippen LogP contribution in [-0.4, -0.2) is 111 Å². The molecule has 2 aliphatic rings. The molecule has 1 aromatic carbocycles. The van der Waals surface area contributed by atoms with Crippen molar-refractivity contribution in [2.75, 3.05) is 45.9 Å². The molecule has 1 aromatic rings. The summed E-state index contributed by atoms with van der Waals surface area (Å²) in [5.74, 6) is -1.42. The molecule has 0 bridgehead atoms. The molecule has 15 nitrogen and oxygen atoms in total. The summed E-state index contributed by atoms with van der Waals surface area (Å²) < 4.78 is 44.5. The van der Waals surface area contributed by atoms with Crippen LogP contribution in [0.3, 0.4) is 0 Å². The average Bonchev–Trinajstić information content (AvgIpc) is 3.11. The minimum Gasteiger partial charge on any atom is -0.465 e. The maximum Gasteiger partial charge on any atom is 0.410 e. The third-order valence-electron chi connectivity index (χ3n) is 9.88. The minimum absolute atomic E-state index is 0.0126. The fourth-order valence-corrected chi connectivity index (χ4v) is 7.91. The summed E-state index contributed by atoms with van der Waals surface area (Å²) in [6, 6.07) is 4.72. The average molecular weight is 808 g/mol. The molecule has 2 saturated heterocycles. The van der Waals surface area contributed by atoms with E-state index in [-0.39, 0.29) is 48.6 Å². The van der Waals surface area contributed by atoms with Gasteiger partial charge in [0.2, 0.25) is 21.8 Å². The predicted molar refractivity (Wildman–Crippen MR) is 211 cm³/mol. The van der Waals surface area contributed by atoms with Crippen molar-refractivity contribution in [3.8, 4) is 0 Å². The Bertz CT molecular complexity index is 1520. The Labute approximate surface area is 333 Å². The van der Waals surface area contributed by atoms with Crippen molar-refractivity contribution in [3.05, 3.63) is 29.8 Å². The zero-order chi connectivity index (χ0) is 41.7. The molecule has 2 aliphatic heterocycles. The molecule has 0 saturated carbocycles. The Balaban J connectivity index is 1.58. The van der Waals surface area contributed by atoms with Gasteiger partial charge in [-0.25, -0.2) is 18.0 Å². The number of amides is 4. The second-order valence-corrected chi connectivity index (χ2v) is 18.6. The number of benzene rings is 1. The summed E-state index contributed by atoms with van der Waals surface area (Å²) in [6.45, 7) is 16.1. The Morgan fingerprint density at radius 3 is 1.66 bits per heavy atom. The highest BCUT2D eigenvalue weighted by molar-refractivity contribution is 7.89. The third-order valence-corrected chi connectivity index (χ3v) is 11.4. The van der Waals surface area contributed by atoms with Gasteiger partial charge in [0.25, 0.3) is 0 Å².